The Bertz CT molecular complexity index is 788. The third-order valence-corrected chi connectivity index (χ3v) is 5.11. The molecule has 0 aliphatic carbocycles. The van der Waals surface area contributed by atoms with E-state index < -0.39 is 0 Å². The molecule has 1 unspecified atom stereocenters. The van der Waals surface area contributed by atoms with Crippen LogP contribution in [0.25, 0.3) is 0 Å². The van der Waals surface area contributed by atoms with E-state index in [1.807, 2.05) is 13.0 Å². The SMILES string of the molecule is CC1CN(c2ccc(Cl)c(Cl)c2)N=C1NC(=O)CCCNC(=O)CCOCCC=O. The number of nitrogens with one attached hydrogen (secondary N) is 2. The lowest BCUT2D eigenvalue weighted by molar-refractivity contribution is -0.123. The van der Waals surface area contributed by atoms with Gasteiger partial charge in [-0.3, -0.25) is 14.6 Å². The number of hydrazone groups is 1. The lowest BCUT2D eigenvalue weighted by Crippen LogP contribution is -2.34. The molecule has 2 amide bonds. The van der Waals surface area contributed by atoms with E-state index in [1.54, 1.807) is 17.1 Å². The summed E-state index contributed by atoms with van der Waals surface area (Å²) in [6, 6.07) is 5.27. The van der Waals surface area contributed by atoms with E-state index in [4.69, 9.17) is 27.9 Å². The standard InChI is InChI=1S/C20H26Cl2N4O4/c1-14-13-26(15-5-6-16(21)17(22)12-15)25-20(14)24-19(29)4-2-8-23-18(28)7-11-30-10-3-9-27/h5-6,9,12,14H,2-4,7-8,10-11,13H2,1H3,(H,23,28)(H,24,25,29). The Balaban J connectivity index is 1.68. The van der Waals surface area contributed by atoms with Crippen LogP contribution in [0.2, 0.25) is 10.0 Å². The molecule has 2 rings (SSSR count). The zero-order chi connectivity index (χ0) is 21.9. The largest absolute Gasteiger partial charge is 0.380 e. The van der Waals surface area contributed by atoms with Gasteiger partial charge in [0.25, 0.3) is 0 Å². The van der Waals surface area contributed by atoms with Gasteiger partial charge < -0.3 is 20.2 Å². The first-order chi connectivity index (χ1) is 14.4. The molecular weight excluding hydrogens is 431 g/mol. The van der Waals surface area contributed by atoms with Crippen molar-refractivity contribution in [1.82, 2.24) is 10.6 Å². The molecule has 0 fully saturated rings. The van der Waals surface area contributed by atoms with Gasteiger partial charge in [0.1, 0.15) is 12.1 Å². The van der Waals surface area contributed by atoms with Gasteiger partial charge in [-0.15, -0.1) is 0 Å². The van der Waals surface area contributed by atoms with Crippen LogP contribution in [0.15, 0.2) is 23.3 Å². The second-order valence-electron chi connectivity index (χ2n) is 6.89. The second-order valence-corrected chi connectivity index (χ2v) is 7.70. The summed E-state index contributed by atoms with van der Waals surface area (Å²) in [5.41, 5.74) is 0.804. The number of halogens is 2. The first-order valence-electron chi connectivity index (χ1n) is 9.79. The van der Waals surface area contributed by atoms with Crippen LogP contribution in [0.3, 0.4) is 0 Å². The quantitative estimate of drug-likeness (QED) is 0.393. The highest BCUT2D eigenvalue weighted by atomic mass is 35.5. The molecule has 1 aliphatic heterocycles. The maximum Gasteiger partial charge on any atom is 0.225 e. The fraction of sp³-hybridized carbons (Fsp3) is 0.500. The summed E-state index contributed by atoms with van der Waals surface area (Å²) in [6.45, 7) is 3.60. The molecule has 164 valence electrons. The van der Waals surface area contributed by atoms with Crippen molar-refractivity contribution in [3.05, 3.63) is 28.2 Å². The molecular formula is C20H26Cl2N4O4. The van der Waals surface area contributed by atoms with Crippen molar-refractivity contribution < 1.29 is 19.1 Å². The highest BCUT2D eigenvalue weighted by Gasteiger charge is 2.25. The Hall–Kier alpha value is -2.16. The number of carbonyl (C=O) groups excluding carboxylic acids is 3. The summed E-state index contributed by atoms with van der Waals surface area (Å²) in [4.78, 5) is 34.0. The molecule has 0 aromatic heterocycles. The van der Waals surface area contributed by atoms with E-state index in [0.29, 0.717) is 48.4 Å². The van der Waals surface area contributed by atoms with Crippen molar-refractivity contribution in [2.75, 3.05) is 31.3 Å². The number of carbonyl (C=O) groups is 3. The number of hydrogen-bond acceptors (Lipinski definition) is 6. The van der Waals surface area contributed by atoms with E-state index in [2.05, 4.69) is 15.7 Å². The maximum atomic E-state index is 12.2. The van der Waals surface area contributed by atoms with Crippen LogP contribution in [0.1, 0.15) is 32.6 Å². The monoisotopic (exact) mass is 456 g/mol. The predicted octanol–water partition coefficient (Wildman–Crippen LogP) is 2.77. The number of rotatable bonds is 11. The minimum absolute atomic E-state index is 0.0577. The van der Waals surface area contributed by atoms with Crippen LogP contribution in [0.4, 0.5) is 5.69 Å². The number of aldehydes is 1. The summed E-state index contributed by atoms with van der Waals surface area (Å²) < 4.78 is 5.14. The Kier molecular flexibility index (Phi) is 10.1. The number of benzene rings is 1. The van der Waals surface area contributed by atoms with Crippen molar-refractivity contribution in [3.63, 3.8) is 0 Å². The number of amides is 2. The minimum atomic E-state index is -0.150. The average Bonchev–Trinajstić information content (AvgIpc) is 3.07. The summed E-state index contributed by atoms with van der Waals surface area (Å²) in [6.07, 6.45) is 2.11. The molecule has 1 aromatic rings. The first kappa shape index (κ1) is 24.1. The van der Waals surface area contributed by atoms with Gasteiger partial charge in [0.15, 0.2) is 0 Å². The van der Waals surface area contributed by atoms with E-state index in [9.17, 15) is 14.4 Å². The summed E-state index contributed by atoms with van der Waals surface area (Å²) in [7, 11) is 0. The van der Waals surface area contributed by atoms with Gasteiger partial charge in [-0.2, -0.15) is 5.10 Å². The Labute approximate surface area is 185 Å². The third-order valence-electron chi connectivity index (χ3n) is 4.37. The number of amidine groups is 1. The van der Waals surface area contributed by atoms with Crippen LogP contribution < -0.4 is 15.6 Å². The van der Waals surface area contributed by atoms with E-state index in [-0.39, 0.29) is 37.2 Å². The smallest absolute Gasteiger partial charge is 0.225 e. The zero-order valence-corrected chi connectivity index (χ0v) is 18.3. The van der Waals surface area contributed by atoms with Gasteiger partial charge in [-0.1, -0.05) is 30.1 Å². The fourth-order valence-electron chi connectivity index (χ4n) is 2.74. The van der Waals surface area contributed by atoms with Crippen LogP contribution >= 0.6 is 23.2 Å². The van der Waals surface area contributed by atoms with Crippen molar-refractivity contribution >= 4 is 52.8 Å². The molecule has 0 saturated carbocycles. The topological polar surface area (TPSA) is 100 Å². The maximum absolute atomic E-state index is 12.2. The average molecular weight is 457 g/mol. The van der Waals surface area contributed by atoms with Crippen molar-refractivity contribution in [1.29, 1.82) is 0 Å². The first-order valence-corrected chi connectivity index (χ1v) is 10.5. The minimum Gasteiger partial charge on any atom is -0.380 e. The number of ether oxygens (including phenoxy) is 1. The summed E-state index contributed by atoms with van der Waals surface area (Å²) >= 11 is 12.0. The molecule has 0 spiro atoms. The second kappa shape index (κ2) is 12.5. The summed E-state index contributed by atoms with van der Waals surface area (Å²) in [5.74, 6) is 0.362. The molecule has 10 heteroatoms. The Morgan fingerprint density at radius 1 is 1.23 bits per heavy atom. The number of hydrogen-bond donors (Lipinski definition) is 2. The van der Waals surface area contributed by atoms with Crippen molar-refractivity contribution in [2.24, 2.45) is 11.0 Å². The Morgan fingerprint density at radius 2 is 2.03 bits per heavy atom. The molecule has 1 atom stereocenters. The van der Waals surface area contributed by atoms with Gasteiger partial charge in [0, 0.05) is 31.7 Å². The van der Waals surface area contributed by atoms with Gasteiger partial charge in [0.05, 0.1) is 35.5 Å². The molecule has 0 bridgehead atoms. The molecule has 2 N–H and O–H groups in total. The van der Waals surface area contributed by atoms with Crippen molar-refractivity contribution in [3.8, 4) is 0 Å². The summed E-state index contributed by atoms with van der Waals surface area (Å²) in [5, 5.41) is 12.8. The van der Waals surface area contributed by atoms with Crippen LogP contribution in [-0.2, 0) is 19.1 Å². The number of anilines is 1. The lowest BCUT2D eigenvalue weighted by atomic mass is 10.1. The molecule has 0 saturated heterocycles. The van der Waals surface area contributed by atoms with E-state index in [0.717, 1.165) is 12.0 Å². The van der Waals surface area contributed by atoms with Gasteiger partial charge in [-0.05, 0) is 24.6 Å². The van der Waals surface area contributed by atoms with E-state index >= 15 is 0 Å². The highest BCUT2D eigenvalue weighted by molar-refractivity contribution is 6.42. The van der Waals surface area contributed by atoms with Gasteiger partial charge >= 0.3 is 0 Å². The van der Waals surface area contributed by atoms with Crippen LogP contribution in [-0.4, -0.2) is 50.2 Å². The molecule has 0 radical (unpaired) electrons. The van der Waals surface area contributed by atoms with Crippen molar-refractivity contribution in [2.45, 2.75) is 32.6 Å². The number of nitrogens with zero attached hydrogens (tertiary/aromatic N) is 2. The van der Waals surface area contributed by atoms with E-state index in [1.165, 1.54) is 0 Å². The molecule has 30 heavy (non-hydrogen) atoms. The third kappa shape index (κ3) is 7.93. The van der Waals surface area contributed by atoms with Crippen LogP contribution in [0.5, 0.6) is 0 Å². The predicted molar refractivity (Wildman–Crippen MR) is 117 cm³/mol. The lowest BCUT2D eigenvalue weighted by Gasteiger charge is -2.14. The fourth-order valence-corrected chi connectivity index (χ4v) is 3.03. The molecule has 1 heterocycles. The molecule has 1 aromatic carbocycles. The molecule has 8 nitrogen and oxygen atoms in total. The highest BCUT2D eigenvalue weighted by Crippen LogP contribution is 2.29. The Morgan fingerprint density at radius 3 is 2.77 bits per heavy atom. The van der Waals surface area contributed by atoms with Crippen LogP contribution in [0, 0.1) is 5.92 Å². The normalized spacial score (nSPS) is 15.6. The zero-order valence-electron chi connectivity index (χ0n) is 16.8. The van der Waals surface area contributed by atoms with Gasteiger partial charge in [0.2, 0.25) is 11.8 Å². The molecule has 1 aliphatic rings. The van der Waals surface area contributed by atoms with Gasteiger partial charge in [-0.25, -0.2) is 0 Å².